The smallest absolute Gasteiger partial charge is 0.509 e. The Morgan fingerprint density at radius 1 is 0.750 bits per heavy atom. The standard InChI is InChI=1S/C46H48N4O.Pt/c1-28(2)18-33-16-17-47-45(21-33)50-43-13-11-10-12-39(43)40-15-14-37(25-44(40)50)51-38-23-34(29(3)4)22-36(24-38)49-27-35(26-48-49)46-41(30(5)6)19-32(9)20-42(46)31(7)8;/h10-17,19-23,26-31H,18H2,1-9H3;/q-2;+2. The number of fused-ring (bicyclic) bond motifs is 3. The molecule has 0 atom stereocenters. The van der Waals surface area contributed by atoms with E-state index in [1.54, 1.807) is 0 Å². The first-order valence-electron chi connectivity index (χ1n) is 18.3. The largest absolute Gasteiger partial charge is 2.00 e. The van der Waals surface area contributed by atoms with Gasteiger partial charge in [-0.3, -0.25) is 4.68 Å². The molecule has 0 aliphatic carbocycles. The maximum Gasteiger partial charge on any atom is 2.00 e. The molecule has 0 saturated heterocycles. The second kappa shape index (κ2) is 15.2. The van der Waals surface area contributed by atoms with Crippen LogP contribution in [0.15, 0.2) is 91.4 Å². The molecule has 4 aromatic carbocycles. The minimum Gasteiger partial charge on any atom is -0.509 e. The van der Waals surface area contributed by atoms with Crippen LogP contribution in [0.25, 0.3) is 44.4 Å². The van der Waals surface area contributed by atoms with Gasteiger partial charge in [-0.25, -0.2) is 4.98 Å². The van der Waals surface area contributed by atoms with E-state index in [4.69, 9.17) is 14.8 Å². The van der Waals surface area contributed by atoms with Gasteiger partial charge in [0.15, 0.2) is 0 Å². The summed E-state index contributed by atoms with van der Waals surface area (Å²) in [6.45, 7) is 20.2. The van der Waals surface area contributed by atoms with Crippen LogP contribution in [0.5, 0.6) is 11.5 Å². The van der Waals surface area contributed by atoms with Gasteiger partial charge in [0, 0.05) is 35.0 Å². The Morgan fingerprint density at radius 3 is 2.17 bits per heavy atom. The molecule has 268 valence electrons. The Labute approximate surface area is 323 Å². The number of nitrogens with zero attached hydrogens (tertiary/aromatic N) is 4. The quantitative estimate of drug-likeness (QED) is 0.129. The van der Waals surface area contributed by atoms with Crippen molar-refractivity contribution in [1.82, 2.24) is 19.3 Å². The van der Waals surface area contributed by atoms with Crippen LogP contribution in [0.4, 0.5) is 0 Å². The van der Waals surface area contributed by atoms with Crippen molar-refractivity contribution in [3.05, 3.63) is 131 Å². The van der Waals surface area contributed by atoms with Crippen LogP contribution < -0.4 is 4.74 Å². The zero-order valence-electron chi connectivity index (χ0n) is 31.7. The Kier molecular flexibility index (Phi) is 10.9. The van der Waals surface area contributed by atoms with Crippen molar-refractivity contribution in [3.63, 3.8) is 0 Å². The fraction of sp³-hybridized carbons (Fsp3) is 0.304. The maximum absolute atomic E-state index is 6.62. The molecular formula is C46H48N4OPt. The van der Waals surface area contributed by atoms with Gasteiger partial charge in [-0.1, -0.05) is 96.8 Å². The van der Waals surface area contributed by atoms with Crippen molar-refractivity contribution in [2.75, 3.05) is 0 Å². The number of pyridine rings is 1. The molecule has 0 unspecified atom stereocenters. The van der Waals surface area contributed by atoms with Gasteiger partial charge in [0.05, 0.1) is 6.20 Å². The third kappa shape index (κ3) is 7.39. The maximum atomic E-state index is 6.62. The molecule has 6 heteroatoms. The van der Waals surface area contributed by atoms with E-state index in [-0.39, 0.29) is 27.0 Å². The van der Waals surface area contributed by atoms with Crippen LogP contribution in [0, 0.1) is 25.0 Å². The van der Waals surface area contributed by atoms with E-state index < -0.39 is 0 Å². The Morgan fingerprint density at radius 2 is 1.48 bits per heavy atom. The van der Waals surface area contributed by atoms with Gasteiger partial charge < -0.3 is 9.30 Å². The van der Waals surface area contributed by atoms with E-state index in [9.17, 15) is 0 Å². The molecule has 0 N–H and O–H groups in total. The second-order valence-corrected chi connectivity index (χ2v) is 15.3. The SMILES string of the molecule is Cc1cc(C(C)C)c(-c2cnn(-c3[c-]c(Oc4[c-]c5c(cc4)c4ccccc4n5-c4cc(CC(C)C)ccn4)cc(C(C)C)c3)c2)c(C(C)C)c1.[Pt+2]. The van der Waals surface area contributed by atoms with Crippen molar-refractivity contribution < 1.29 is 25.8 Å². The van der Waals surface area contributed by atoms with Crippen molar-refractivity contribution in [1.29, 1.82) is 0 Å². The van der Waals surface area contributed by atoms with Gasteiger partial charge in [-0.15, -0.1) is 41.3 Å². The van der Waals surface area contributed by atoms with Crippen molar-refractivity contribution in [2.45, 2.75) is 86.5 Å². The average Bonchev–Trinajstić information content (AvgIpc) is 3.71. The first-order chi connectivity index (χ1) is 24.5. The fourth-order valence-electron chi connectivity index (χ4n) is 7.20. The molecule has 0 amide bonds. The molecule has 52 heavy (non-hydrogen) atoms. The molecule has 0 aliphatic heterocycles. The van der Waals surface area contributed by atoms with Crippen LogP contribution in [-0.2, 0) is 27.5 Å². The van der Waals surface area contributed by atoms with E-state index in [2.05, 4.69) is 152 Å². The Hall–Kier alpha value is -4.47. The summed E-state index contributed by atoms with van der Waals surface area (Å²) >= 11 is 0. The number of ether oxygens (including phenoxy) is 1. The van der Waals surface area contributed by atoms with Gasteiger partial charge >= 0.3 is 21.1 Å². The molecule has 5 nitrogen and oxygen atoms in total. The number of benzene rings is 4. The number of rotatable bonds is 10. The number of hydrogen-bond acceptors (Lipinski definition) is 3. The minimum absolute atomic E-state index is 0. The molecule has 0 aliphatic rings. The van der Waals surface area contributed by atoms with E-state index >= 15 is 0 Å². The summed E-state index contributed by atoms with van der Waals surface area (Å²) in [5, 5.41) is 7.15. The summed E-state index contributed by atoms with van der Waals surface area (Å²) in [7, 11) is 0. The van der Waals surface area contributed by atoms with E-state index in [0.29, 0.717) is 29.3 Å². The second-order valence-electron chi connectivity index (χ2n) is 15.3. The molecule has 7 rings (SSSR count). The monoisotopic (exact) mass is 867 g/mol. The van der Waals surface area contributed by atoms with Crippen LogP contribution >= 0.6 is 0 Å². The molecule has 3 aromatic heterocycles. The summed E-state index contributed by atoms with van der Waals surface area (Å²) in [6, 6.07) is 33.0. The molecule has 7 aromatic rings. The van der Waals surface area contributed by atoms with Gasteiger partial charge in [0.1, 0.15) is 5.82 Å². The van der Waals surface area contributed by atoms with Crippen LogP contribution in [-0.4, -0.2) is 19.3 Å². The molecule has 0 bridgehead atoms. The minimum atomic E-state index is 0. The predicted molar refractivity (Wildman–Crippen MR) is 211 cm³/mol. The van der Waals surface area contributed by atoms with Crippen molar-refractivity contribution in [2.24, 2.45) is 5.92 Å². The van der Waals surface area contributed by atoms with E-state index in [1.807, 2.05) is 23.1 Å². The molecule has 0 fully saturated rings. The topological polar surface area (TPSA) is 44.9 Å². The summed E-state index contributed by atoms with van der Waals surface area (Å²) in [5.74, 6) is 3.76. The number of para-hydroxylation sites is 1. The third-order valence-corrected chi connectivity index (χ3v) is 9.68. The first kappa shape index (κ1) is 37.3. The Bertz CT molecular complexity index is 2330. The zero-order valence-corrected chi connectivity index (χ0v) is 34.0. The molecule has 0 spiro atoms. The average molecular weight is 868 g/mol. The summed E-state index contributed by atoms with van der Waals surface area (Å²) in [4.78, 5) is 4.82. The number of hydrogen-bond donors (Lipinski definition) is 0. The van der Waals surface area contributed by atoms with E-state index in [1.165, 1.54) is 27.8 Å². The van der Waals surface area contributed by atoms with Crippen LogP contribution in [0.1, 0.15) is 101 Å². The predicted octanol–water partition coefficient (Wildman–Crippen LogP) is 12.3. The molecular weight excluding hydrogens is 820 g/mol. The van der Waals surface area contributed by atoms with Gasteiger partial charge in [-0.2, -0.15) is 11.2 Å². The zero-order chi connectivity index (χ0) is 36.0. The summed E-state index contributed by atoms with van der Waals surface area (Å²) < 4.78 is 10.8. The molecule has 3 heterocycles. The van der Waals surface area contributed by atoms with Gasteiger partial charge in [0.25, 0.3) is 0 Å². The summed E-state index contributed by atoms with van der Waals surface area (Å²) in [6.07, 6.45) is 7.03. The number of aryl methyl sites for hydroxylation is 1. The fourth-order valence-corrected chi connectivity index (χ4v) is 7.20. The molecule has 0 saturated carbocycles. The van der Waals surface area contributed by atoms with Crippen LogP contribution in [0.2, 0.25) is 0 Å². The van der Waals surface area contributed by atoms with Gasteiger partial charge in [0.2, 0.25) is 0 Å². The van der Waals surface area contributed by atoms with Crippen LogP contribution in [0.3, 0.4) is 0 Å². The summed E-state index contributed by atoms with van der Waals surface area (Å²) in [5.41, 5.74) is 11.7. The van der Waals surface area contributed by atoms with E-state index in [0.717, 1.165) is 50.9 Å². The van der Waals surface area contributed by atoms with Gasteiger partial charge in [-0.05, 0) is 88.5 Å². The number of aromatic nitrogens is 4. The molecule has 0 radical (unpaired) electrons. The van der Waals surface area contributed by atoms with Crippen molar-refractivity contribution >= 4 is 21.8 Å². The Balaban J connectivity index is 0.00000464. The first-order valence-corrected chi connectivity index (χ1v) is 18.3. The van der Waals surface area contributed by atoms with Crippen molar-refractivity contribution in [3.8, 4) is 34.1 Å². The third-order valence-electron chi connectivity index (χ3n) is 9.68. The normalized spacial score (nSPS) is 11.8.